The molecule has 1 aliphatic rings. The second-order valence-electron chi connectivity index (χ2n) is 5.43. The molecule has 0 saturated carbocycles. The lowest BCUT2D eigenvalue weighted by molar-refractivity contribution is 0.0456. The van der Waals surface area contributed by atoms with Crippen molar-refractivity contribution in [2.24, 2.45) is 5.73 Å². The van der Waals surface area contributed by atoms with E-state index in [2.05, 4.69) is 0 Å². The maximum Gasteiger partial charge on any atom is 0.126 e. The third kappa shape index (κ3) is 2.77. The van der Waals surface area contributed by atoms with E-state index in [9.17, 15) is 5.11 Å². The van der Waals surface area contributed by atoms with Gasteiger partial charge in [-0.25, -0.2) is 0 Å². The standard InChI is InChI=1S/C17H18ClNO2/c18-15-8-12-6-7-21-16(12)13(9-15)10-17(20,11-19)14-4-2-1-3-5-14/h1-5,8-9,20H,6-7,10-11,19H2. The summed E-state index contributed by atoms with van der Waals surface area (Å²) in [6.45, 7) is 0.799. The van der Waals surface area contributed by atoms with Crippen LogP contribution in [-0.2, 0) is 18.4 Å². The highest BCUT2D eigenvalue weighted by molar-refractivity contribution is 6.30. The number of ether oxygens (including phenoxy) is 1. The zero-order valence-electron chi connectivity index (χ0n) is 11.7. The number of hydrogen-bond acceptors (Lipinski definition) is 3. The van der Waals surface area contributed by atoms with Crippen LogP contribution in [0.25, 0.3) is 0 Å². The van der Waals surface area contributed by atoms with Crippen LogP contribution in [0.5, 0.6) is 5.75 Å². The van der Waals surface area contributed by atoms with Crippen LogP contribution < -0.4 is 10.5 Å². The van der Waals surface area contributed by atoms with Crippen molar-refractivity contribution < 1.29 is 9.84 Å². The molecule has 1 unspecified atom stereocenters. The van der Waals surface area contributed by atoms with Crippen molar-refractivity contribution in [3.05, 3.63) is 64.2 Å². The molecular formula is C17H18ClNO2. The van der Waals surface area contributed by atoms with Gasteiger partial charge in [0.1, 0.15) is 11.4 Å². The summed E-state index contributed by atoms with van der Waals surface area (Å²) in [5, 5.41) is 11.6. The lowest BCUT2D eigenvalue weighted by Gasteiger charge is -2.28. The first kappa shape index (κ1) is 14.4. The van der Waals surface area contributed by atoms with Gasteiger partial charge in [0.2, 0.25) is 0 Å². The Hall–Kier alpha value is -1.55. The predicted molar refractivity (Wildman–Crippen MR) is 83.7 cm³/mol. The molecule has 4 heteroatoms. The molecule has 110 valence electrons. The van der Waals surface area contributed by atoms with E-state index in [1.807, 2.05) is 42.5 Å². The zero-order chi connectivity index (χ0) is 14.9. The molecule has 0 fully saturated rings. The van der Waals surface area contributed by atoms with Crippen molar-refractivity contribution in [1.82, 2.24) is 0 Å². The minimum Gasteiger partial charge on any atom is -0.493 e. The number of hydrogen-bond donors (Lipinski definition) is 2. The molecule has 3 N–H and O–H groups in total. The second-order valence-corrected chi connectivity index (χ2v) is 5.87. The van der Waals surface area contributed by atoms with Crippen LogP contribution in [0.3, 0.4) is 0 Å². The quantitative estimate of drug-likeness (QED) is 0.913. The van der Waals surface area contributed by atoms with Crippen LogP contribution in [0.2, 0.25) is 5.02 Å². The largest absolute Gasteiger partial charge is 0.493 e. The van der Waals surface area contributed by atoms with E-state index >= 15 is 0 Å². The van der Waals surface area contributed by atoms with Crippen LogP contribution in [0.4, 0.5) is 0 Å². The molecule has 0 saturated heterocycles. The first-order valence-electron chi connectivity index (χ1n) is 7.04. The van der Waals surface area contributed by atoms with Gasteiger partial charge in [-0.15, -0.1) is 0 Å². The van der Waals surface area contributed by atoms with Crippen molar-refractivity contribution in [2.75, 3.05) is 13.2 Å². The average molecular weight is 304 g/mol. The van der Waals surface area contributed by atoms with E-state index in [-0.39, 0.29) is 6.54 Å². The molecule has 0 aromatic heterocycles. The van der Waals surface area contributed by atoms with Crippen LogP contribution in [0, 0.1) is 0 Å². The Balaban J connectivity index is 1.99. The van der Waals surface area contributed by atoms with Gasteiger partial charge in [-0.2, -0.15) is 0 Å². The van der Waals surface area contributed by atoms with Gasteiger partial charge in [-0.1, -0.05) is 41.9 Å². The van der Waals surface area contributed by atoms with Crippen molar-refractivity contribution >= 4 is 11.6 Å². The van der Waals surface area contributed by atoms with Crippen LogP contribution >= 0.6 is 11.6 Å². The van der Waals surface area contributed by atoms with E-state index in [4.69, 9.17) is 22.1 Å². The highest BCUT2D eigenvalue weighted by atomic mass is 35.5. The van der Waals surface area contributed by atoms with Crippen LogP contribution in [0.1, 0.15) is 16.7 Å². The Morgan fingerprint density at radius 1 is 1.24 bits per heavy atom. The van der Waals surface area contributed by atoms with Gasteiger partial charge in [0.05, 0.1) is 6.61 Å². The summed E-state index contributed by atoms with van der Waals surface area (Å²) in [4.78, 5) is 0. The van der Waals surface area contributed by atoms with Gasteiger partial charge in [0.25, 0.3) is 0 Å². The topological polar surface area (TPSA) is 55.5 Å². The molecule has 21 heavy (non-hydrogen) atoms. The van der Waals surface area contributed by atoms with Gasteiger partial charge in [0.15, 0.2) is 0 Å². The maximum absolute atomic E-state index is 10.9. The summed E-state index contributed by atoms with van der Waals surface area (Å²) in [7, 11) is 0. The maximum atomic E-state index is 10.9. The first-order chi connectivity index (χ1) is 10.1. The Morgan fingerprint density at radius 3 is 2.71 bits per heavy atom. The lowest BCUT2D eigenvalue weighted by atomic mass is 9.86. The fraction of sp³-hybridized carbons (Fsp3) is 0.294. The molecule has 1 atom stereocenters. The van der Waals surface area contributed by atoms with Gasteiger partial charge in [-0.3, -0.25) is 0 Å². The lowest BCUT2D eigenvalue weighted by Crippen LogP contribution is -2.37. The number of nitrogens with two attached hydrogens (primary N) is 1. The van der Waals surface area contributed by atoms with E-state index in [0.29, 0.717) is 18.1 Å². The predicted octanol–water partition coefficient (Wildman–Crippen LogP) is 2.66. The third-order valence-electron chi connectivity index (χ3n) is 3.96. The number of fused-ring (bicyclic) bond motifs is 1. The van der Waals surface area contributed by atoms with Gasteiger partial charge in [0, 0.05) is 24.4 Å². The number of benzene rings is 2. The Morgan fingerprint density at radius 2 is 2.00 bits per heavy atom. The highest BCUT2D eigenvalue weighted by Crippen LogP contribution is 2.36. The molecule has 0 bridgehead atoms. The van der Waals surface area contributed by atoms with E-state index in [1.165, 1.54) is 0 Å². The van der Waals surface area contributed by atoms with E-state index < -0.39 is 5.60 Å². The minimum atomic E-state index is -1.12. The summed E-state index contributed by atoms with van der Waals surface area (Å²) in [5.74, 6) is 0.849. The van der Waals surface area contributed by atoms with Crippen molar-refractivity contribution in [3.63, 3.8) is 0 Å². The summed E-state index contributed by atoms with van der Waals surface area (Å²) < 4.78 is 5.70. The first-order valence-corrected chi connectivity index (χ1v) is 7.42. The summed E-state index contributed by atoms with van der Waals surface area (Å²) in [6, 6.07) is 13.3. The van der Waals surface area contributed by atoms with Gasteiger partial charge < -0.3 is 15.6 Å². The summed E-state index contributed by atoms with van der Waals surface area (Å²) >= 11 is 6.18. The molecule has 1 aliphatic heterocycles. The third-order valence-corrected chi connectivity index (χ3v) is 4.18. The SMILES string of the molecule is NCC(O)(Cc1cc(Cl)cc2c1OCC2)c1ccccc1. The van der Waals surface area contributed by atoms with Crippen molar-refractivity contribution in [2.45, 2.75) is 18.4 Å². The fourth-order valence-corrected chi connectivity index (χ4v) is 3.10. The molecule has 0 spiro atoms. The number of halogens is 1. The average Bonchev–Trinajstić information content (AvgIpc) is 2.96. The monoisotopic (exact) mass is 303 g/mol. The van der Waals surface area contributed by atoms with Gasteiger partial charge >= 0.3 is 0 Å². The van der Waals surface area contributed by atoms with Crippen molar-refractivity contribution in [3.8, 4) is 5.75 Å². The molecular weight excluding hydrogens is 286 g/mol. The zero-order valence-corrected chi connectivity index (χ0v) is 12.4. The van der Waals surface area contributed by atoms with E-state index in [0.717, 1.165) is 28.9 Å². The Kier molecular flexibility index (Phi) is 3.89. The summed E-state index contributed by atoms with van der Waals surface area (Å²) in [5.41, 5.74) is 7.54. The molecule has 3 rings (SSSR count). The number of aliphatic hydroxyl groups is 1. The Bertz CT molecular complexity index is 645. The van der Waals surface area contributed by atoms with Crippen molar-refractivity contribution in [1.29, 1.82) is 0 Å². The molecule has 1 heterocycles. The van der Waals surface area contributed by atoms with Gasteiger partial charge in [-0.05, 0) is 28.8 Å². The molecule has 2 aromatic rings. The van der Waals surface area contributed by atoms with Crippen LogP contribution in [0.15, 0.2) is 42.5 Å². The summed E-state index contributed by atoms with van der Waals surface area (Å²) in [6.07, 6.45) is 1.24. The minimum absolute atomic E-state index is 0.137. The molecule has 0 aliphatic carbocycles. The van der Waals surface area contributed by atoms with Crippen LogP contribution in [-0.4, -0.2) is 18.3 Å². The fourth-order valence-electron chi connectivity index (χ4n) is 2.83. The normalized spacial score (nSPS) is 16.1. The molecule has 0 radical (unpaired) electrons. The van der Waals surface area contributed by atoms with E-state index in [1.54, 1.807) is 0 Å². The smallest absolute Gasteiger partial charge is 0.126 e. The number of rotatable bonds is 4. The Labute approximate surface area is 129 Å². The second kappa shape index (κ2) is 5.68. The molecule has 0 amide bonds. The highest BCUT2D eigenvalue weighted by Gasteiger charge is 2.30. The molecule has 2 aromatic carbocycles. The molecule has 3 nitrogen and oxygen atoms in total.